The second-order valence-corrected chi connectivity index (χ2v) is 12.7. The zero-order valence-corrected chi connectivity index (χ0v) is 20.0. The number of nitrogens with two attached hydrogens (primary N) is 1. The average Bonchev–Trinajstić information content (AvgIpc) is 3.08. The molecule has 4 rings (SSSR count). The number of fused-ring (bicyclic) bond motifs is 3. The van der Waals surface area contributed by atoms with E-state index >= 15 is 0 Å². The predicted octanol–water partition coefficient (Wildman–Crippen LogP) is 6.41. The molecule has 0 radical (unpaired) electrons. The van der Waals surface area contributed by atoms with Gasteiger partial charge in [-0.2, -0.15) is 0 Å². The molecule has 4 saturated carbocycles. The highest BCUT2D eigenvalue weighted by molar-refractivity contribution is 5.03. The minimum atomic E-state index is -0.178. The highest BCUT2D eigenvalue weighted by Crippen LogP contribution is 2.62. The lowest BCUT2D eigenvalue weighted by Crippen LogP contribution is -2.51. The first-order valence-electron chi connectivity index (χ1n) is 13.1. The zero-order valence-electron chi connectivity index (χ0n) is 20.0. The molecule has 0 aromatic heterocycles. The second-order valence-electron chi connectivity index (χ2n) is 12.7. The van der Waals surface area contributed by atoms with Gasteiger partial charge in [0.1, 0.15) is 0 Å². The van der Waals surface area contributed by atoms with Crippen LogP contribution in [0.3, 0.4) is 0 Å². The SMILES string of the molecule is CCC1CC(N)C(C2CCC3C(CCC4(C)CCCC34)C2C)CCC(O)C1(C)C. The largest absolute Gasteiger partial charge is 0.393 e. The maximum Gasteiger partial charge on any atom is 0.0593 e. The van der Waals surface area contributed by atoms with E-state index in [9.17, 15) is 5.11 Å². The van der Waals surface area contributed by atoms with Gasteiger partial charge in [0.25, 0.3) is 0 Å². The summed E-state index contributed by atoms with van der Waals surface area (Å²) in [5, 5.41) is 11.0. The third-order valence-electron chi connectivity index (χ3n) is 11.3. The molecule has 2 nitrogen and oxygen atoms in total. The van der Waals surface area contributed by atoms with Gasteiger partial charge in [-0.15, -0.1) is 0 Å². The fourth-order valence-corrected chi connectivity index (χ4v) is 9.19. The molecular formula is C27H49NO. The van der Waals surface area contributed by atoms with Crippen LogP contribution < -0.4 is 5.73 Å². The Labute approximate surface area is 180 Å². The first-order chi connectivity index (χ1) is 13.7. The number of aliphatic hydroxyl groups is 1. The Hall–Kier alpha value is -0.0800. The van der Waals surface area contributed by atoms with Crippen molar-refractivity contribution in [1.82, 2.24) is 0 Å². The van der Waals surface area contributed by atoms with E-state index in [4.69, 9.17) is 5.73 Å². The Bertz CT molecular complexity index is 573. The number of rotatable bonds is 2. The fourth-order valence-electron chi connectivity index (χ4n) is 9.19. The van der Waals surface area contributed by atoms with Crippen LogP contribution in [0.4, 0.5) is 0 Å². The van der Waals surface area contributed by atoms with Crippen LogP contribution in [-0.2, 0) is 0 Å². The van der Waals surface area contributed by atoms with Crippen LogP contribution in [0.5, 0.6) is 0 Å². The van der Waals surface area contributed by atoms with E-state index in [0.717, 1.165) is 55.3 Å². The first kappa shape index (κ1) is 22.1. The summed E-state index contributed by atoms with van der Waals surface area (Å²) in [5.41, 5.74) is 7.63. The Kier molecular flexibility index (Phi) is 6.19. The molecule has 0 amide bonds. The molecule has 168 valence electrons. The summed E-state index contributed by atoms with van der Waals surface area (Å²) < 4.78 is 0. The quantitative estimate of drug-likeness (QED) is 0.560. The first-order valence-corrected chi connectivity index (χ1v) is 13.1. The summed E-state index contributed by atoms with van der Waals surface area (Å²) in [6, 6.07) is 0.316. The van der Waals surface area contributed by atoms with Gasteiger partial charge in [0.15, 0.2) is 0 Å². The summed E-state index contributed by atoms with van der Waals surface area (Å²) in [5.74, 6) is 5.68. The maximum atomic E-state index is 11.0. The van der Waals surface area contributed by atoms with E-state index < -0.39 is 0 Å². The van der Waals surface area contributed by atoms with E-state index in [1.165, 1.54) is 44.9 Å². The van der Waals surface area contributed by atoms with Crippen molar-refractivity contribution in [2.45, 2.75) is 117 Å². The Balaban J connectivity index is 1.50. The van der Waals surface area contributed by atoms with E-state index in [1.807, 2.05) is 0 Å². The van der Waals surface area contributed by atoms with E-state index in [2.05, 4.69) is 34.6 Å². The molecule has 10 atom stereocenters. The monoisotopic (exact) mass is 403 g/mol. The van der Waals surface area contributed by atoms with Crippen molar-refractivity contribution in [3.63, 3.8) is 0 Å². The minimum absolute atomic E-state index is 0.00306. The van der Waals surface area contributed by atoms with Crippen LogP contribution >= 0.6 is 0 Å². The average molecular weight is 404 g/mol. The van der Waals surface area contributed by atoms with E-state index in [0.29, 0.717) is 23.3 Å². The van der Waals surface area contributed by atoms with Crippen molar-refractivity contribution in [1.29, 1.82) is 0 Å². The van der Waals surface area contributed by atoms with Gasteiger partial charge in [-0.25, -0.2) is 0 Å². The van der Waals surface area contributed by atoms with Crippen molar-refractivity contribution in [3.8, 4) is 0 Å². The highest BCUT2D eigenvalue weighted by Gasteiger charge is 2.53. The number of hydrogen-bond acceptors (Lipinski definition) is 2. The number of aliphatic hydroxyl groups excluding tert-OH is 1. The maximum absolute atomic E-state index is 11.0. The molecule has 0 heterocycles. The lowest BCUT2D eigenvalue weighted by Gasteiger charge is -2.55. The molecule has 4 fully saturated rings. The van der Waals surface area contributed by atoms with Crippen LogP contribution in [0.15, 0.2) is 0 Å². The Morgan fingerprint density at radius 1 is 0.862 bits per heavy atom. The molecule has 0 aromatic carbocycles. The molecule has 0 bridgehead atoms. The molecule has 0 spiro atoms. The summed E-state index contributed by atoms with van der Waals surface area (Å²) in [7, 11) is 0. The smallest absolute Gasteiger partial charge is 0.0593 e. The molecule has 3 N–H and O–H groups in total. The fraction of sp³-hybridized carbons (Fsp3) is 1.00. The van der Waals surface area contributed by atoms with Gasteiger partial charge in [0.05, 0.1) is 6.10 Å². The molecule has 0 aliphatic heterocycles. The molecule has 2 heteroatoms. The highest BCUT2D eigenvalue weighted by atomic mass is 16.3. The summed E-state index contributed by atoms with van der Waals surface area (Å²) in [4.78, 5) is 0. The van der Waals surface area contributed by atoms with Crippen LogP contribution in [-0.4, -0.2) is 17.3 Å². The Morgan fingerprint density at radius 3 is 2.24 bits per heavy atom. The summed E-state index contributed by atoms with van der Waals surface area (Å²) >= 11 is 0. The Morgan fingerprint density at radius 2 is 1.52 bits per heavy atom. The van der Waals surface area contributed by atoms with Gasteiger partial charge in [-0.3, -0.25) is 0 Å². The predicted molar refractivity (Wildman–Crippen MR) is 122 cm³/mol. The zero-order chi connectivity index (χ0) is 21.0. The molecular weight excluding hydrogens is 354 g/mol. The van der Waals surface area contributed by atoms with Gasteiger partial charge < -0.3 is 10.8 Å². The molecule has 4 aliphatic carbocycles. The normalized spacial score (nSPS) is 52.9. The topological polar surface area (TPSA) is 46.2 Å². The second kappa shape index (κ2) is 8.12. The van der Waals surface area contributed by atoms with Crippen LogP contribution in [0.2, 0.25) is 0 Å². The van der Waals surface area contributed by atoms with Gasteiger partial charge in [-0.05, 0) is 110 Å². The van der Waals surface area contributed by atoms with Crippen molar-refractivity contribution in [3.05, 3.63) is 0 Å². The minimum Gasteiger partial charge on any atom is -0.393 e. The summed E-state index contributed by atoms with van der Waals surface area (Å²) in [6.07, 6.45) is 14.4. The lowest BCUT2D eigenvalue weighted by molar-refractivity contribution is -0.0635. The third-order valence-corrected chi connectivity index (χ3v) is 11.3. The number of hydrogen-bond donors (Lipinski definition) is 2. The van der Waals surface area contributed by atoms with E-state index in [-0.39, 0.29) is 11.5 Å². The van der Waals surface area contributed by atoms with Crippen LogP contribution in [0, 0.1) is 52.3 Å². The molecule has 4 aliphatic rings. The van der Waals surface area contributed by atoms with Crippen molar-refractivity contribution >= 4 is 0 Å². The van der Waals surface area contributed by atoms with Crippen molar-refractivity contribution in [2.75, 3.05) is 0 Å². The van der Waals surface area contributed by atoms with Gasteiger partial charge >= 0.3 is 0 Å². The van der Waals surface area contributed by atoms with Crippen molar-refractivity contribution < 1.29 is 5.11 Å². The van der Waals surface area contributed by atoms with Gasteiger partial charge in [0.2, 0.25) is 0 Å². The van der Waals surface area contributed by atoms with Crippen LogP contribution in [0.1, 0.15) is 105 Å². The molecule has 0 saturated heterocycles. The van der Waals surface area contributed by atoms with Gasteiger partial charge in [0, 0.05) is 6.04 Å². The molecule has 0 aromatic rings. The van der Waals surface area contributed by atoms with Gasteiger partial charge in [-0.1, -0.05) is 47.5 Å². The molecule has 29 heavy (non-hydrogen) atoms. The third kappa shape index (κ3) is 3.73. The lowest BCUT2D eigenvalue weighted by atomic mass is 9.51. The molecule has 10 unspecified atom stereocenters. The summed E-state index contributed by atoms with van der Waals surface area (Å²) in [6.45, 7) is 12.0. The van der Waals surface area contributed by atoms with Crippen LogP contribution in [0.25, 0.3) is 0 Å². The van der Waals surface area contributed by atoms with Crippen molar-refractivity contribution in [2.24, 2.45) is 58.0 Å². The van der Waals surface area contributed by atoms with E-state index in [1.54, 1.807) is 0 Å². The standard InChI is InChI=1S/C27H49NO/c1-6-18-16-24(28)22(11-12-25(29)26(18,3)4)19-9-10-21-20(17(19)2)13-15-27(5)14-7-8-23(21)27/h17-25,29H,6-16,28H2,1-5H3.